The van der Waals surface area contributed by atoms with E-state index in [1.54, 1.807) is 38.1 Å². The second-order valence-corrected chi connectivity index (χ2v) is 9.38. The lowest BCUT2D eigenvalue weighted by Gasteiger charge is -2.20. The number of sulfonamides is 1. The minimum Gasteiger partial charge on any atom is -0.386 e. The molecule has 0 amide bonds. The highest BCUT2D eigenvalue weighted by molar-refractivity contribution is 7.93. The predicted octanol–water partition coefficient (Wildman–Crippen LogP) is 3.64. The van der Waals surface area contributed by atoms with Gasteiger partial charge < -0.3 is 5.11 Å². The van der Waals surface area contributed by atoms with E-state index < -0.39 is 16.1 Å². The van der Waals surface area contributed by atoms with Crippen LogP contribution < -0.4 is 4.31 Å². The van der Waals surface area contributed by atoms with Crippen molar-refractivity contribution < 1.29 is 13.5 Å². The van der Waals surface area contributed by atoms with E-state index in [-0.39, 0.29) is 11.4 Å². The first kappa shape index (κ1) is 19.9. The maximum atomic E-state index is 13.5. The van der Waals surface area contributed by atoms with E-state index in [9.17, 15) is 13.5 Å². The summed E-state index contributed by atoms with van der Waals surface area (Å²) in [5.41, 5.74) is 3.24. The number of aliphatic hydroxyl groups is 1. The van der Waals surface area contributed by atoms with Crippen LogP contribution in [-0.2, 0) is 23.0 Å². The molecule has 0 saturated carbocycles. The minimum atomic E-state index is -3.76. The maximum Gasteiger partial charge on any atom is 0.268 e. The number of rotatable bonds is 5. The molecule has 152 valence electrons. The van der Waals surface area contributed by atoms with Crippen molar-refractivity contribution in [1.82, 2.24) is 9.78 Å². The fourth-order valence-corrected chi connectivity index (χ4v) is 6.05. The molecule has 0 unspecified atom stereocenters. The summed E-state index contributed by atoms with van der Waals surface area (Å²) in [6, 6.07) is 14.6. The number of hydrogen-bond acceptors (Lipinski definition) is 4. The van der Waals surface area contributed by atoms with Crippen LogP contribution in [0.25, 0.3) is 0 Å². The van der Waals surface area contributed by atoms with E-state index in [2.05, 4.69) is 5.10 Å². The molecule has 0 saturated heterocycles. The molecule has 1 N–H and O–H groups in total. The van der Waals surface area contributed by atoms with Crippen molar-refractivity contribution in [1.29, 1.82) is 0 Å². The summed E-state index contributed by atoms with van der Waals surface area (Å²) < 4.78 is 29.9. The van der Waals surface area contributed by atoms with Crippen molar-refractivity contribution in [2.24, 2.45) is 0 Å². The molecular weight excluding hydrogens is 410 g/mol. The molecule has 8 heteroatoms. The largest absolute Gasteiger partial charge is 0.386 e. The molecule has 0 bridgehead atoms. The Morgan fingerprint density at radius 3 is 2.59 bits per heavy atom. The van der Waals surface area contributed by atoms with Crippen molar-refractivity contribution in [3.05, 3.63) is 76.1 Å². The Bertz CT molecular complexity index is 1170. The zero-order valence-electron chi connectivity index (χ0n) is 16.2. The fraction of sp³-hybridized carbons (Fsp3) is 0.286. The monoisotopic (exact) mass is 431 g/mol. The summed E-state index contributed by atoms with van der Waals surface area (Å²) in [5.74, 6) is 0. The Balaban J connectivity index is 1.68. The van der Waals surface area contributed by atoms with Crippen molar-refractivity contribution in [3.63, 3.8) is 0 Å². The first-order valence-corrected chi connectivity index (χ1v) is 11.2. The van der Waals surface area contributed by atoms with Crippen LogP contribution in [0.2, 0.25) is 5.02 Å². The van der Waals surface area contributed by atoms with Crippen LogP contribution in [0.5, 0.6) is 0 Å². The normalized spacial score (nSPS) is 14.8. The molecule has 1 aliphatic rings. The van der Waals surface area contributed by atoms with Gasteiger partial charge in [-0.3, -0.25) is 8.99 Å². The molecule has 4 rings (SSSR count). The summed E-state index contributed by atoms with van der Waals surface area (Å²) >= 11 is 6.18. The first-order chi connectivity index (χ1) is 13.8. The van der Waals surface area contributed by atoms with Gasteiger partial charge in [0.1, 0.15) is 4.90 Å². The average molecular weight is 432 g/mol. The van der Waals surface area contributed by atoms with E-state index in [0.29, 0.717) is 34.9 Å². The summed E-state index contributed by atoms with van der Waals surface area (Å²) in [5, 5.41) is 15.5. The van der Waals surface area contributed by atoms with Gasteiger partial charge in [0.15, 0.2) is 0 Å². The molecule has 0 radical (unpaired) electrons. The van der Waals surface area contributed by atoms with E-state index >= 15 is 0 Å². The molecule has 2 aromatic carbocycles. The van der Waals surface area contributed by atoms with E-state index in [0.717, 1.165) is 11.3 Å². The Morgan fingerprint density at radius 2 is 1.83 bits per heavy atom. The first-order valence-electron chi connectivity index (χ1n) is 9.38. The van der Waals surface area contributed by atoms with Crippen molar-refractivity contribution in [2.45, 2.75) is 37.8 Å². The van der Waals surface area contributed by atoms with Crippen LogP contribution in [0.4, 0.5) is 5.69 Å². The van der Waals surface area contributed by atoms with Crippen molar-refractivity contribution in [3.8, 4) is 0 Å². The van der Waals surface area contributed by atoms with Crippen LogP contribution in [0, 0.1) is 13.8 Å². The van der Waals surface area contributed by atoms with Crippen LogP contribution in [0.1, 0.15) is 28.6 Å². The molecule has 0 aliphatic carbocycles. The molecule has 0 spiro atoms. The summed E-state index contributed by atoms with van der Waals surface area (Å²) in [6.45, 7) is 3.92. The molecule has 1 atom stereocenters. The van der Waals surface area contributed by atoms with Gasteiger partial charge in [-0.05, 0) is 38.0 Å². The molecule has 1 aromatic heterocycles. The number of nitrogens with zero attached hydrogens (tertiary/aromatic N) is 3. The van der Waals surface area contributed by atoms with E-state index in [4.69, 9.17) is 11.6 Å². The van der Waals surface area contributed by atoms with Gasteiger partial charge in [-0.15, -0.1) is 0 Å². The molecule has 3 aromatic rings. The number of aliphatic hydroxyl groups excluding tert-OH is 1. The Kier molecular flexibility index (Phi) is 5.14. The Morgan fingerprint density at radius 1 is 1.14 bits per heavy atom. The quantitative estimate of drug-likeness (QED) is 0.669. The zero-order valence-corrected chi connectivity index (χ0v) is 17.8. The highest BCUT2D eigenvalue weighted by Gasteiger charge is 2.35. The number of para-hydroxylation sites is 1. The van der Waals surface area contributed by atoms with Gasteiger partial charge in [0, 0.05) is 17.1 Å². The minimum absolute atomic E-state index is 0.114. The number of aryl methyl sites for hydroxylation is 1. The molecular formula is C21H22ClN3O3S. The summed E-state index contributed by atoms with van der Waals surface area (Å²) in [7, 11) is -3.76. The second-order valence-electron chi connectivity index (χ2n) is 7.18. The van der Waals surface area contributed by atoms with Crippen molar-refractivity contribution >= 4 is 27.3 Å². The SMILES string of the molecule is Cc1nn(C[C@@H](O)c2ccccc2Cl)c(C)c1S(=O)(=O)N1CCc2ccccc21. The third-order valence-electron chi connectivity index (χ3n) is 5.32. The number of hydrogen-bond donors (Lipinski definition) is 1. The third kappa shape index (κ3) is 3.43. The number of halogens is 1. The predicted molar refractivity (Wildman–Crippen MR) is 113 cm³/mol. The van der Waals surface area contributed by atoms with Gasteiger partial charge in [0.25, 0.3) is 10.0 Å². The average Bonchev–Trinajstić information content (AvgIpc) is 3.23. The number of fused-ring (bicyclic) bond motifs is 1. The van der Waals surface area contributed by atoms with Crippen molar-refractivity contribution in [2.75, 3.05) is 10.8 Å². The summed E-state index contributed by atoms with van der Waals surface area (Å²) in [4.78, 5) is 0.195. The van der Waals surface area contributed by atoms with E-state index in [1.807, 2.05) is 24.3 Å². The van der Waals surface area contributed by atoms with Crippen LogP contribution >= 0.6 is 11.6 Å². The van der Waals surface area contributed by atoms with Crippen LogP contribution in [0.15, 0.2) is 53.4 Å². The lowest BCUT2D eigenvalue weighted by Crippen LogP contribution is -2.30. The van der Waals surface area contributed by atoms with Gasteiger partial charge >= 0.3 is 0 Å². The van der Waals surface area contributed by atoms with Gasteiger partial charge in [-0.25, -0.2) is 8.42 Å². The molecule has 6 nitrogen and oxygen atoms in total. The second kappa shape index (κ2) is 7.48. The van der Waals surface area contributed by atoms with Crippen LogP contribution in [0.3, 0.4) is 0 Å². The fourth-order valence-electron chi connectivity index (χ4n) is 3.91. The maximum absolute atomic E-state index is 13.5. The molecule has 2 heterocycles. The molecule has 1 aliphatic heterocycles. The van der Waals surface area contributed by atoms with E-state index in [1.165, 1.54) is 8.99 Å². The third-order valence-corrected chi connectivity index (χ3v) is 7.73. The number of aromatic nitrogens is 2. The summed E-state index contributed by atoms with van der Waals surface area (Å²) in [6.07, 6.45) is -0.211. The standard InChI is InChI=1S/C21H22ClN3O3S/c1-14-21(29(27,28)25-12-11-16-7-3-6-10-19(16)25)15(2)24(23-14)13-20(26)17-8-4-5-9-18(17)22/h3-10,20,26H,11-13H2,1-2H3/t20-/m1/s1. The van der Waals surface area contributed by atoms with Crippen LogP contribution in [-0.4, -0.2) is 29.8 Å². The van der Waals surface area contributed by atoms with Gasteiger partial charge in [-0.2, -0.15) is 5.10 Å². The lowest BCUT2D eigenvalue weighted by atomic mass is 10.1. The molecule has 0 fully saturated rings. The lowest BCUT2D eigenvalue weighted by molar-refractivity contribution is 0.150. The zero-order chi connectivity index (χ0) is 20.8. The smallest absolute Gasteiger partial charge is 0.268 e. The Labute approximate surface area is 175 Å². The van der Waals surface area contributed by atoms with Gasteiger partial charge in [0.05, 0.1) is 29.7 Å². The highest BCUT2D eigenvalue weighted by Crippen LogP contribution is 2.35. The highest BCUT2D eigenvalue weighted by atomic mass is 35.5. The molecule has 29 heavy (non-hydrogen) atoms. The topological polar surface area (TPSA) is 75.4 Å². The number of anilines is 1. The Hall–Kier alpha value is -2.35. The van der Waals surface area contributed by atoms with Gasteiger partial charge in [0.2, 0.25) is 0 Å². The van der Waals surface area contributed by atoms with Gasteiger partial charge in [-0.1, -0.05) is 48.0 Å². The number of benzene rings is 2.